The Kier molecular flexibility index (Phi) is 10.7. The molecular formula is C40H42N4O2. The molecule has 5 aromatic rings. The fourth-order valence-corrected chi connectivity index (χ4v) is 5.93. The van der Waals surface area contributed by atoms with E-state index in [0.29, 0.717) is 30.6 Å². The van der Waals surface area contributed by atoms with E-state index in [1.807, 2.05) is 66.7 Å². The van der Waals surface area contributed by atoms with Crippen molar-refractivity contribution in [1.29, 1.82) is 0 Å². The van der Waals surface area contributed by atoms with Gasteiger partial charge < -0.3 is 20.3 Å². The number of anilines is 1. The first-order valence-electron chi connectivity index (χ1n) is 16.4. The van der Waals surface area contributed by atoms with Gasteiger partial charge in [0, 0.05) is 43.8 Å². The summed E-state index contributed by atoms with van der Waals surface area (Å²) >= 11 is 0. The summed E-state index contributed by atoms with van der Waals surface area (Å²) in [5, 5.41) is 6.82. The van der Waals surface area contributed by atoms with E-state index < -0.39 is 0 Å². The molecule has 6 nitrogen and oxygen atoms in total. The van der Waals surface area contributed by atoms with Gasteiger partial charge in [0.2, 0.25) is 0 Å². The molecule has 6 heteroatoms. The molecule has 0 saturated heterocycles. The van der Waals surface area contributed by atoms with Crippen LogP contribution in [0.1, 0.15) is 55.2 Å². The maximum absolute atomic E-state index is 13.5. The number of benzene rings is 4. The Morgan fingerprint density at radius 3 is 1.96 bits per heavy atom. The van der Waals surface area contributed by atoms with Gasteiger partial charge in [-0.05, 0) is 83.1 Å². The molecule has 0 aliphatic heterocycles. The number of para-hydroxylation sites is 1. The molecule has 6 rings (SSSR count). The van der Waals surface area contributed by atoms with Gasteiger partial charge in [0.1, 0.15) is 11.5 Å². The molecule has 0 unspecified atom stereocenters. The molecule has 0 radical (unpaired) electrons. The summed E-state index contributed by atoms with van der Waals surface area (Å²) in [6, 6.07) is 38.8. The van der Waals surface area contributed by atoms with Gasteiger partial charge in [-0.3, -0.25) is 4.98 Å². The smallest absolute Gasteiger partial charge is 0.322 e. The summed E-state index contributed by atoms with van der Waals surface area (Å²) in [7, 11) is 0. The molecular weight excluding hydrogens is 568 g/mol. The first-order valence-corrected chi connectivity index (χ1v) is 16.4. The molecule has 4 aromatic carbocycles. The number of aromatic nitrogens is 1. The average molecular weight is 611 g/mol. The Bertz CT molecular complexity index is 1630. The van der Waals surface area contributed by atoms with Crippen LogP contribution in [0.3, 0.4) is 0 Å². The van der Waals surface area contributed by atoms with Crippen LogP contribution in [-0.2, 0) is 19.6 Å². The Morgan fingerprint density at radius 1 is 0.674 bits per heavy atom. The molecule has 1 fully saturated rings. The summed E-state index contributed by atoms with van der Waals surface area (Å²) in [5.74, 6) is 1.47. The number of nitrogens with one attached hydrogen (secondary N) is 2. The fourth-order valence-electron chi connectivity index (χ4n) is 5.93. The average Bonchev–Trinajstić information content (AvgIpc) is 3.38. The van der Waals surface area contributed by atoms with Crippen LogP contribution < -0.4 is 15.4 Å². The van der Waals surface area contributed by atoms with Gasteiger partial charge in [-0.15, -0.1) is 0 Å². The van der Waals surface area contributed by atoms with Crippen LogP contribution in [0, 0.1) is 0 Å². The summed E-state index contributed by atoms with van der Waals surface area (Å²) in [4.78, 5) is 19.6. The largest absolute Gasteiger partial charge is 0.457 e. The minimum atomic E-state index is -0.183. The summed E-state index contributed by atoms with van der Waals surface area (Å²) in [6.07, 6.45) is 11.6. The topological polar surface area (TPSA) is 66.5 Å². The van der Waals surface area contributed by atoms with Crippen LogP contribution in [0.4, 0.5) is 10.5 Å². The van der Waals surface area contributed by atoms with Crippen LogP contribution in [-0.4, -0.2) is 22.0 Å². The van der Waals surface area contributed by atoms with Crippen LogP contribution >= 0.6 is 0 Å². The zero-order valence-corrected chi connectivity index (χ0v) is 26.3. The highest BCUT2D eigenvalue weighted by atomic mass is 16.5. The molecule has 1 heterocycles. The number of urea groups is 1. The third-order valence-electron chi connectivity index (χ3n) is 8.53. The molecule has 0 bridgehead atoms. The molecule has 0 atom stereocenters. The van der Waals surface area contributed by atoms with Gasteiger partial charge in [0.05, 0.1) is 0 Å². The van der Waals surface area contributed by atoms with E-state index >= 15 is 0 Å². The fraction of sp³-hybridized carbons (Fsp3) is 0.250. The molecule has 2 amide bonds. The Labute approximate surface area is 272 Å². The second-order valence-corrected chi connectivity index (χ2v) is 12.1. The van der Waals surface area contributed by atoms with Crippen molar-refractivity contribution in [3.8, 4) is 22.6 Å². The maximum atomic E-state index is 13.5. The van der Waals surface area contributed by atoms with Gasteiger partial charge in [-0.2, -0.15) is 0 Å². The van der Waals surface area contributed by atoms with E-state index in [9.17, 15) is 4.79 Å². The van der Waals surface area contributed by atoms with Crippen molar-refractivity contribution in [2.75, 3.05) is 5.32 Å². The third kappa shape index (κ3) is 9.05. The number of hydrogen-bond acceptors (Lipinski definition) is 4. The maximum Gasteiger partial charge on any atom is 0.322 e. The molecule has 1 aromatic heterocycles. The highest BCUT2D eigenvalue weighted by Gasteiger charge is 2.16. The number of ether oxygens (including phenoxy) is 1. The second-order valence-electron chi connectivity index (χ2n) is 12.1. The quantitative estimate of drug-likeness (QED) is 0.146. The number of rotatable bonds is 11. The highest BCUT2D eigenvalue weighted by Crippen LogP contribution is 2.25. The van der Waals surface area contributed by atoms with Crippen molar-refractivity contribution in [2.24, 2.45) is 0 Å². The van der Waals surface area contributed by atoms with Crippen molar-refractivity contribution in [3.05, 3.63) is 144 Å². The second kappa shape index (κ2) is 15.9. The lowest BCUT2D eigenvalue weighted by Crippen LogP contribution is -2.34. The monoisotopic (exact) mass is 610 g/mol. The minimum absolute atomic E-state index is 0.183. The Balaban J connectivity index is 1.08. The van der Waals surface area contributed by atoms with Gasteiger partial charge in [-0.25, -0.2) is 4.79 Å². The third-order valence-corrected chi connectivity index (χ3v) is 8.53. The standard InChI is InChI=1S/C40H42N4O2/c45-40(43-37-22-24-39(25-23-37)46-38-12-6-3-7-13-38)44(30-33-9-8-26-41-27-33)29-32-16-20-35(21-17-32)34-18-14-31(15-19-34)28-42-36-10-4-1-2-5-11-36/h3,6-9,12-27,36,42H,1-2,4-5,10-11,28-30H2,(H,43,45). The van der Waals surface area contributed by atoms with Crippen molar-refractivity contribution in [3.63, 3.8) is 0 Å². The molecule has 46 heavy (non-hydrogen) atoms. The number of hydrogen-bond donors (Lipinski definition) is 2. The number of carbonyl (C=O) groups excluding carboxylic acids is 1. The predicted molar refractivity (Wildman–Crippen MR) is 186 cm³/mol. The van der Waals surface area contributed by atoms with E-state index in [2.05, 4.69) is 64.1 Å². The van der Waals surface area contributed by atoms with Crippen LogP contribution in [0.2, 0.25) is 0 Å². The van der Waals surface area contributed by atoms with E-state index in [1.54, 1.807) is 17.3 Å². The number of pyridine rings is 1. The van der Waals surface area contributed by atoms with E-state index in [0.717, 1.165) is 29.0 Å². The van der Waals surface area contributed by atoms with Crippen LogP contribution in [0.15, 0.2) is 128 Å². The van der Waals surface area contributed by atoms with E-state index in [4.69, 9.17) is 4.74 Å². The SMILES string of the molecule is O=C(Nc1ccc(Oc2ccccc2)cc1)N(Cc1ccc(-c2ccc(CNC3CCCCCC3)cc2)cc1)Cc1cccnc1. The summed E-state index contributed by atoms with van der Waals surface area (Å²) in [6.45, 7) is 1.82. The highest BCUT2D eigenvalue weighted by molar-refractivity contribution is 5.89. The Hall–Kier alpha value is -4.94. The van der Waals surface area contributed by atoms with Gasteiger partial charge in [0.25, 0.3) is 0 Å². The zero-order valence-electron chi connectivity index (χ0n) is 26.3. The summed E-state index contributed by atoms with van der Waals surface area (Å²) in [5.41, 5.74) is 6.39. The lowest BCUT2D eigenvalue weighted by Gasteiger charge is -2.23. The van der Waals surface area contributed by atoms with Gasteiger partial charge in [-0.1, -0.05) is 98.5 Å². The lowest BCUT2D eigenvalue weighted by atomic mass is 10.0. The summed E-state index contributed by atoms with van der Waals surface area (Å²) < 4.78 is 5.90. The minimum Gasteiger partial charge on any atom is -0.457 e. The molecule has 0 spiro atoms. The molecule has 1 aliphatic rings. The first kappa shape index (κ1) is 31.1. The molecule has 1 aliphatic carbocycles. The van der Waals surface area contributed by atoms with Gasteiger partial charge in [0.15, 0.2) is 0 Å². The van der Waals surface area contributed by atoms with E-state index in [1.165, 1.54) is 49.7 Å². The number of amides is 2. The lowest BCUT2D eigenvalue weighted by molar-refractivity contribution is 0.206. The van der Waals surface area contributed by atoms with Crippen molar-refractivity contribution < 1.29 is 9.53 Å². The predicted octanol–water partition coefficient (Wildman–Crippen LogP) is 9.59. The number of nitrogens with zero attached hydrogens (tertiary/aromatic N) is 2. The zero-order chi connectivity index (χ0) is 31.4. The molecule has 2 N–H and O–H groups in total. The van der Waals surface area contributed by atoms with Gasteiger partial charge >= 0.3 is 6.03 Å². The normalized spacial score (nSPS) is 13.5. The first-order chi connectivity index (χ1) is 22.7. The van der Waals surface area contributed by atoms with Crippen molar-refractivity contribution in [2.45, 2.75) is 64.2 Å². The van der Waals surface area contributed by atoms with Crippen molar-refractivity contribution >= 4 is 11.7 Å². The van der Waals surface area contributed by atoms with Crippen LogP contribution in [0.25, 0.3) is 11.1 Å². The molecule has 234 valence electrons. The van der Waals surface area contributed by atoms with E-state index in [-0.39, 0.29) is 6.03 Å². The number of carbonyl (C=O) groups is 1. The van der Waals surface area contributed by atoms with Crippen molar-refractivity contribution in [1.82, 2.24) is 15.2 Å². The molecule has 1 saturated carbocycles. The Morgan fingerprint density at radius 2 is 1.30 bits per heavy atom. The van der Waals surface area contributed by atoms with Crippen LogP contribution in [0.5, 0.6) is 11.5 Å².